The van der Waals surface area contributed by atoms with E-state index in [0.717, 1.165) is 33.0 Å². The van der Waals surface area contributed by atoms with Crippen LogP contribution in [0, 0.1) is 0 Å². The van der Waals surface area contributed by atoms with E-state index in [1.54, 1.807) is 4.90 Å². The molecule has 0 fully saturated rings. The zero-order valence-corrected chi connectivity index (χ0v) is 22.3. The summed E-state index contributed by atoms with van der Waals surface area (Å²) in [5.74, 6) is 0.918. The van der Waals surface area contributed by atoms with Crippen LogP contribution in [0.5, 0.6) is 0 Å². The van der Waals surface area contributed by atoms with Crippen molar-refractivity contribution in [3.8, 4) is 5.69 Å². The van der Waals surface area contributed by atoms with E-state index in [4.69, 9.17) is 0 Å². The van der Waals surface area contributed by atoms with Crippen LogP contribution in [0.2, 0.25) is 0 Å². The molecule has 1 amide bonds. The molecule has 0 aliphatic rings. The van der Waals surface area contributed by atoms with Gasteiger partial charge in [-0.2, -0.15) is 0 Å². The second kappa shape index (κ2) is 11.9. The molecule has 0 saturated carbocycles. The highest BCUT2D eigenvalue weighted by atomic mass is 79.9. The molecule has 37 heavy (non-hydrogen) atoms. The van der Waals surface area contributed by atoms with Gasteiger partial charge >= 0.3 is 0 Å². The van der Waals surface area contributed by atoms with Gasteiger partial charge < -0.3 is 5.32 Å². The molecular weight excluding hydrogens is 546 g/mol. The van der Waals surface area contributed by atoms with Crippen LogP contribution in [-0.4, -0.2) is 26.4 Å². The van der Waals surface area contributed by atoms with Crippen molar-refractivity contribution in [1.29, 1.82) is 0 Å². The number of amides is 1. The van der Waals surface area contributed by atoms with Crippen molar-refractivity contribution in [2.45, 2.75) is 11.7 Å². The van der Waals surface area contributed by atoms with Gasteiger partial charge in [-0.1, -0.05) is 82.3 Å². The minimum absolute atomic E-state index is 0.0421. The van der Waals surface area contributed by atoms with Crippen LogP contribution in [0.4, 0.5) is 17.1 Å². The molecule has 0 unspecified atom stereocenters. The minimum atomic E-state index is -0.0421. The molecule has 0 aliphatic carbocycles. The molecule has 0 saturated heterocycles. The first-order chi connectivity index (χ1) is 18.2. The summed E-state index contributed by atoms with van der Waals surface area (Å²) in [6, 6.07) is 37.3. The molecule has 0 radical (unpaired) electrons. The number of nitrogens with one attached hydrogen (secondary N) is 1. The number of rotatable bonds is 9. The van der Waals surface area contributed by atoms with E-state index in [1.807, 2.05) is 120 Å². The van der Waals surface area contributed by atoms with E-state index in [0.29, 0.717) is 11.7 Å². The second-order valence-corrected chi connectivity index (χ2v) is 9.98. The highest BCUT2D eigenvalue weighted by Crippen LogP contribution is 2.28. The zero-order chi connectivity index (χ0) is 25.5. The van der Waals surface area contributed by atoms with Crippen LogP contribution >= 0.6 is 27.7 Å². The van der Waals surface area contributed by atoms with Crippen LogP contribution < -0.4 is 10.2 Å². The average molecular weight is 571 g/mol. The van der Waals surface area contributed by atoms with Crippen molar-refractivity contribution in [2.24, 2.45) is 0 Å². The Morgan fingerprint density at radius 1 is 0.784 bits per heavy atom. The van der Waals surface area contributed by atoms with Crippen LogP contribution in [0.15, 0.2) is 125 Å². The minimum Gasteiger partial charge on any atom is -0.378 e. The van der Waals surface area contributed by atoms with Crippen molar-refractivity contribution in [3.05, 3.63) is 126 Å². The van der Waals surface area contributed by atoms with Gasteiger partial charge in [-0.25, -0.2) is 0 Å². The summed E-state index contributed by atoms with van der Waals surface area (Å²) < 4.78 is 3.02. The molecule has 1 aromatic heterocycles. The van der Waals surface area contributed by atoms with Crippen molar-refractivity contribution in [1.82, 2.24) is 14.8 Å². The van der Waals surface area contributed by atoms with Crippen molar-refractivity contribution in [3.63, 3.8) is 0 Å². The normalized spacial score (nSPS) is 10.7. The van der Waals surface area contributed by atoms with Crippen LogP contribution in [0.1, 0.15) is 5.82 Å². The Kier molecular flexibility index (Phi) is 7.98. The fraction of sp³-hybridized carbons (Fsp3) is 0.0690. The summed E-state index contributed by atoms with van der Waals surface area (Å²) in [5.41, 5.74) is 3.57. The van der Waals surface area contributed by atoms with E-state index in [9.17, 15) is 4.79 Å². The zero-order valence-electron chi connectivity index (χ0n) is 19.9. The molecule has 1 heterocycles. The number of carbonyl (C=O) groups excluding carboxylic acids is 1. The SMILES string of the molecule is O=C(CSc1nnc(CNc2ccc(Br)cc2)n1-c1ccccc1)N(c1ccccc1)c1ccccc1. The molecule has 0 atom stereocenters. The Bertz CT molecular complexity index is 1410. The van der Waals surface area contributed by atoms with Gasteiger partial charge in [0.2, 0.25) is 5.91 Å². The average Bonchev–Trinajstić information content (AvgIpc) is 3.36. The number of hydrogen-bond acceptors (Lipinski definition) is 5. The molecule has 0 spiro atoms. The number of halogens is 1. The molecule has 184 valence electrons. The molecule has 8 heteroatoms. The third-order valence-electron chi connectivity index (χ3n) is 5.61. The highest BCUT2D eigenvalue weighted by molar-refractivity contribution is 9.10. The van der Waals surface area contributed by atoms with E-state index >= 15 is 0 Å². The monoisotopic (exact) mass is 569 g/mol. The standard InChI is InChI=1S/C29H24BrN5OS/c30-22-16-18-23(19-17-22)31-20-27-32-33-29(35(27)26-14-8-3-9-15-26)37-21-28(36)34(24-10-4-1-5-11-24)25-12-6-2-7-13-25/h1-19,31H,20-21H2. The van der Waals surface area contributed by atoms with E-state index in [2.05, 4.69) is 31.4 Å². The third kappa shape index (κ3) is 6.10. The first-order valence-electron chi connectivity index (χ1n) is 11.7. The maximum absolute atomic E-state index is 13.5. The lowest BCUT2D eigenvalue weighted by molar-refractivity contribution is -0.115. The molecule has 5 aromatic rings. The Labute approximate surface area is 228 Å². The summed E-state index contributed by atoms with van der Waals surface area (Å²) in [7, 11) is 0. The first kappa shape index (κ1) is 24.8. The van der Waals surface area contributed by atoms with Gasteiger partial charge in [-0.05, 0) is 60.7 Å². The number of hydrogen-bond donors (Lipinski definition) is 1. The Balaban J connectivity index is 1.39. The number of aromatic nitrogens is 3. The van der Waals surface area contributed by atoms with Gasteiger partial charge in [-0.15, -0.1) is 10.2 Å². The summed E-state index contributed by atoms with van der Waals surface area (Å²) in [6.07, 6.45) is 0. The fourth-order valence-corrected chi connectivity index (χ4v) is 4.96. The quantitative estimate of drug-likeness (QED) is 0.192. The van der Waals surface area contributed by atoms with E-state index in [-0.39, 0.29) is 11.7 Å². The van der Waals surface area contributed by atoms with E-state index in [1.165, 1.54) is 11.8 Å². The largest absolute Gasteiger partial charge is 0.378 e. The molecule has 4 aromatic carbocycles. The lowest BCUT2D eigenvalue weighted by Crippen LogP contribution is -2.27. The van der Waals surface area contributed by atoms with E-state index < -0.39 is 0 Å². The van der Waals surface area contributed by atoms with Crippen LogP contribution in [0.3, 0.4) is 0 Å². The summed E-state index contributed by atoms with van der Waals surface area (Å²) >= 11 is 4.84. The number of benzene rings is 4. The maximum Gasteiger partial charge on any atom is 0.242 e. The van der Waals surface area contributed by atoms with Gasteiger partial charge in [0.1, 0.15) is 0 Å². The fourth-order valence-electron chi connectivity index (χ4n) is 3.88. The van der Waals surface area contributed by atoms with Gasteiger partial charge in [-0.3, -0.25) is 14.3 Å². The summed E-state index contributed by atoms with van der Waals surface area (Å²) in [5, 5.41) is 13.0. The Morgan fingerprint density at radius 3 is 1.95 bits per heavy atom. The Morgan fingerprint density at radius 2 is 1.35 bits per heavy atom. The van der Waals surface area contributed by atoms with Gasteiger partial charge in [0.15, 0.2) is 11.0 Å². The Hall–Kier alpha value is -3.88. The predicted octanol–water partition coefficient (Wildman–Crippen LogP) is 7.10. The third-order valence-corrected chi connectivity index (χ3v) is 7.05. The lowest BCUT2D eigenvalue weighted by atomic mass is 10.2. The molecule has 6 nitrogen and oxygen atoms in total. The van der Waals surface area contributed by atoms with Crippen LogP contribution in [0.25, 0.3) is 5.69 Å². The number of anilines is 3. The first-order valence-corrected chi connectivity index (χ1v) is 13.5. The van der Waals surface area contributed by atoms with Crippen molar-refractivity contribution < 1.29 is 4.79 Å². The number of nitrogens with zero attached hydrogens (tertiary/aromatic N) is 4. The highest BCUT2D eigenvalue weighted by Gasteiger charge is 2.21. The summed E-state index contributed by atoms with van der Waals surface area (Å²) in [6.45, 7) is 0.484. The topological polar surface area (TPSA) is 63.1 Å². The smallest absolute Gasteiger partial charge is 0.242 e. The van der Waals surface area contributed by atoms with Gasteiger partial charge in [0, 0.05) is 27.2 Å². The van der Waals surface area contributed by atoms with Crippen molar-refractivity contribution >= 4 is 50.7 Å². The molecule has 5 rings (SSSR count). The maximum atomic E-state index is 13.5. The molecular formula is C29H24BrN5OS. The van der Waals surface area contributed by atoms with Gasteiger partial charge in [0.25, 0.3) is 0 Å². The second-order valence-electron chi connectivity index (χ2n) is 8.12. The lowest BCUT2D eigenvalue weighted by Gasteiger charge is -2.23. The molecule has 0 aliphatic heterocycles. The number of para-hydroxylation sites is 3. The summed E-state index contributed by atoms with van der Waals surface area (Å²) in [4.78, 5) is 15.3. The van der Waals surface area contributed by atoms with Crippen LogP contribution in [-0.2, 0) is 11.3 Å². The van der Waals surface area contributed by atoms with Gasteiger partial charge in [0.05, 0.1) is 12.3 Å². The molecule has 1 N–H and O–H groups in total. The number of thioether (sulfide) groups is 1. The van der Waals surface area contributed by atoms with Crippen molar-refractivity contribution in [2.75, 3.05) is 16.0 Å². The predicted molar refractivity (Wildman–Crippen MR) is 154 cm³/mol. The number of carbonyl (C=O) groups is 1. The molecule has 0 bridgehead atoms.